The van der Waals surface area contributed by atoms with Gasteiger partial charge in [0.2, 0.25) is 5.91 Å². The third-order valence-corrected chi connectivity index (χ3v) is 5.82. The number of amides is 3. The number of nitrogens with zero attached hydrogens (tertiary/aromatic N) is 2. The lowest BCUT2D eigenvalue weighted by molar-refractivity contribution is -0.128. The second kappa shape index (κ2) is 9.09. The minimum absolute atomic E-state index is 0.217. The maximum atomic E-state index is 12.3. The number of likely N-dealkylation sites (tertiary alicyclic amines) is 1. The fourth-order valence-corrected chi connectivity index (χ4v) is 4.13. The molecule has 0 spiro atoms. The van der Waals surface area contributed by atoms with Crippen LogP contribution in [0.2, 0.25) is 0 Å². The van der Waals surface area contributed by atoms with Crippen molar-refractivity contribution in [3.05, 3.63) is 70.0 Å². The van der Waals surface area contributed by atoms with Crippen molar-refractivity contribution < 1.29 is 9.59 Å². The van der Waals surface area contributed by atoms with Crippen LogP contribution in [-0.4, -0.2) is 28.4 Å². The first-order chi connectivity index (χ1) is 14.6. The summed E-state index contributed by atoms with van der Waals surface area (Å²) in [4.78, 5) is 30.4. The van der Waals surface area contributed by atoms with Gasteiger partial charge in [-0.1, -0.05) is 36.4 Å². The summed E-state index contributed by atoms with van der Waals surface area (Å²) >= 11 is 1.62. The first-order valence-electron chi connectivity index (χ1n) is 10.00. The van der Waals surface area contributed by atoms with Crippen LogP contribution in [0.15, 0.2) is 53.9 Å². The number of nitrogens with one attached hydrogen (secondary N) is 2. The Morgan fingerprint density at radius 1 is 1.17 bits per heavy atom. The van der Waals surface area contributed by atoms with Gasteiger partial charge in [0.25, 0.3) is 0 Å². The summed E-state index contributed by atoms with van der Waals surface area (Å²) in [5.74, 6) is 0.217. The Morgan fingerprint density at radius 3 is 2.67 bits per heavy atom. The number of carbonyl (C=O) groups is 2. The number of aryl methyl sites for hydroxylation is 1. The van der Waals surface area contributed by atoms with E-state index in [4.69, 9.17) is 0 Å². The van der Waals surface area contributed by atoms with Crippen LogP contribution in [0.3, 0.4) is 0 Å². The third kappa shape index (κ3) is 5.04. The van der Waals surface area contributed by atoms with Crippen LogP contribution in [0.5, 0.6) is 0 Å². The summed E-state index contributed by atoms with van der Waals surface area (Å²) < 4.78 is 0. The fraction of sp³-hybridized carbons (Fsp3) is 0.261. The van der Waals surface area contributed by atoms with Crippen LogP contribution < -0.4 is 10.6 Å². The highest BCUT2D eigenvalue weighted by atomic mass is 32.1. The summed E-state index contributed by atoms with van der Waals surface area (Å²) in [6, 6.07) is 15.4. The monoisotopic (exact) mass is 420 g/mol. The first kappa shape index (κ1) is 20.1. The van der Waals surface area contributed by atoms with Gasteiger partial charge in [-0.25, -0.2) is 9.78 Å². The molecule has 2 aromatic carbocycles. The molecule has 1 aromatic heterocycles. The van der Waals surface area contributed by atoms with Gasteiger partial charge in [0.1, 0.15) is 0 Å². The predicted molar refractivity (Wildman–Crippen MR) is 119 cm³/mol. The van der Waals surface area contributed by atoms with Gasteiger partial charge >= 0.3 is 6.03 Å². The Bertz CT molecular complexity index is 1050. The number of carbonyl (C=O) groups excluding carboxylic acids is 2. The van der Waals surface area contributed by atoms with Crippen molar-refractivity contribution in [2.45, 2.75) is 32.9 Å². The Labute approximate surface area is 180 Å². The molecule has 4 rings (SSSR count). The predicted octanol–water partition coefficient (Wildman–Crippen LogP) is 4.56. The van der Waals surface area contributed by atoms with Crippen LogP contribution in [0.1, 0.15) is 29.0 Å². The van der Waals surface area contributed by atoms with Crippen molar-refractivity contribution in [2.24, 2.45) is 0 Å². The zero-order chi connectivity index (χ0) is 20.9. The zero-order valence-electron chi connectivity index (χ0n) is 16.9. The molecule has 1 saturated heterocycles. The van der Waals surface area contributed by atoms with Crippen LogP contribution >= 0.6 is 11.3 Å². The minimum atomic E-state index is -0.257. The maximum Gasteiger partial charge on any atom is 0.319 e. The van der Waals surface area contributed by atoms with Gasteiger partial charge in [-0.15, -0.1) is 11.3 Å². The number of thiazole rings is 1. The molecule has 3 amide bonds. The lowest BCUT2D eigenvalue weighted by Gasteiger charge is -2.16. The van der Waals surface area contributed by atoms with Crippen molar-refractivity contribution in [3.63, 3.8) is 0 Å². The summed E-state index contributed by atoms with van der Waals surface area (Å²) in [6.45, 7) is 3.86. The van der Waals surface area contributed by atoms with E-state index in [0.29, 0.717) is 19.5 Å². The van der Waals surface area contributed by atoms with E-state index in [0.717, 1.165) is 46.0 Å². The number of benzene rings is 2. The van der Waals surface area contributed by atoms with E-state index in [1.165, 1.54) is 0 Å². The van der Waals surface area contributed by atoms with Crippen LogP contribution in [-0.2, 0) is 17.9 Å². The van der Waals surface area contributed by atoms with E-state index < -0.39 is 0 Å². The van der Waals surface area contributed by atoms with Crippen molar-refractivity contribution in [1.29, 1.82) is 0 Å². The van der Waals surface area contributed by atoms with Crippen molar-refractivity contribution in [2.75, 3.05) is 11.9 Å². The quantitative estimate of drug-likeness (QED) is 0.614. The highest BCUT2D eigenvalue weighted by Crippen LogP contribution is 2.23. The minimum Gasteiger partial charge on any atom is -0.338 e. The number of aromatic nitrogens is 1. The second-order valence-corrected chi connectivity index (χ2v) is 8.44. The average molecular weight is 421 g/mol. The highest BCUT2D eigenvalue weighted by Gasteiger charge is 2.19. The van der Waals surface area contributed by atoms with E-state index >= 15 is 0 Å². The smallest absolute Gasteiger partial charge is 0.319 e. The fourth-order valence-electron chi connectivity index (χ4n) is 3.51. The molecule has 154 valence electrons. The number of hydrogen-bond donors (Lipinski definition) is 2. The molecule has 1 aliphatic heterocycles. The van der Waals surface area contributed by atoms with Gasteiger partial charge in [0, 0.05) is 42.7 Å². The molecule has 0 unspecified atom stereocenters. The van der Waals surface area contributed by atoms with E-state index in [1.54, 1.807) is 11.3 Å². The first-order valence-corrected chi connectivity index (χ1v) is 10.9. The number of urea groups is 1. The molecule has 2 N–H and O–H groups in total. The normalized spacial score (nSPS) is 13.5. The molecular formula is C23H24N4O2S. The number of hydrogen-bond acceptors (Lipinski definition) is 4. The molecule has 0 aliphatic carbocycles. The summed E-state index contributed by atoms with van der Waals surface area (Å²) in [6.07, 6.45) is 1.58. The molecule has 1 fully saturated rings. The lowest BCUT2D eigenvalue weighted by atomic mass is 10.1. The van der Waals surface area contributed by atoms with Crippen molar-refractivity contribution >= 4 is 29.0 Å². The summed E-state index contributed by atoms with van der Waals surface area (Å²) in [5.41, 5.74) is 4.79. The molecule has 0 radical (unpaired) electrons. The van der Waals surface area contributed by atoms with Crippen LogP contribution in [0.25, 0.3) is 11.3 Å². The highest BCUT2D eigenvalue weighted by molar-refractivity contribution is 7.09. The van der Waals surface area contributed by atoms with Crippen molar-refractivity contribution in [3.8, 4) is 11.3 Å². The largest absolute Gasteiger partial charge is 0.338 e. The lowest BCUT2D eigenvalue weighted by Crippen LogP contribution is -2.28. The third-order valence-electron chi connectivity index (χ3n) is 5.05. The Hall–Kier alpha value is -3.19. The molecule has 1 aliphatic rings. The Kier molecular flexibility index (Phi) is 6.09. The number of anilines is 1. The Balaban J connectivity index is 1.29. The van der Waals surface area contributed by atoms with E-state index in [9.17, 15) is 9.59 Å². The topological polar surface area (TPSA) is 74.3 Å². The van der Waals surface area contributed by atoms with Crippen molar-refractivity contribution in [1.82, 2.24) is 15.2 Å². The van der Waals surface area contributed by atoms with Gasteiger partial charge in [-0.2, -0.15) is 0 Å². The van der Waals surface area contributed by atoms with E-state index in [-0.39, 0.29) is 11.9 Å². The van der Waals surface area contributed by atoms with Gasteiger partial charge < -0.3 is 15.5 Å². The molecule has 0 atom stereocenters. The SMILES string of the molecule is Cc1nc(-c2ccc(NC(=O)NCc3cccc(CN4CCCC4=O)c3)cc2)cs1. The Morgan fingerprint density at radius 2 is 1.97 bits per heavy atom. The van der Waals surface area contributed by atoms with Gasteiger partial charge in [0.15, 0.2) is 0 Å². The van der Waals surface area contributed by atoms with E-state index in [2.05, 4.69) is 15.6 Å². The molecule has 6 nitrogen and oxygen atoms in total. The molecule has 30 heavy (non-hydrogen) atoms. The number of rotatable bonds is 6. The molecule has 0 saturated carbocycles. The van der Waals surface area contributed by atoms with Crippen LogP contribution in [0, 0.1) is 6.92 Å². The standard InChI is InChI=1S/C23H24N4O2S/c1-16-25-21(15-30-16)19-7-9-20(10-8-19)26-23(29)24-13-17-4-2-5-18(12-17)14-27-11-3-6-22(27)28/h2,4-5,7-10,12,15H,3,6,11,13-14H2,1H3,(H2,24,26,29). The maximum absolute atomic E-state index is 12.3. The van der Waals surface area contributed by atoms with Gasteiger partial charge in [0.05, 0.1) is 10.7 Å². The molecule has 0 bridgehead atoms. The summed E-state index contributed by atoms with van der Waals surface area (Å²) in [7, 11) is 0. The van der Waals surface area contributed by atoms with Gasteiger partial charge in [-0.05, 0) is 36.6 Å². The molecule has 3 aromatic rings. The summed E-state index contributed by atoms with van der Waals surface area (Å²) in [5, 5.41) is 8.80. The van der Waals surface area contributed by atoms with Gasteiger partial charge in [-0.3, -0.25) is 4.79 Å². The van der Waals surface area contributed by atoms with E-state index in [1.807, 2.05) is 65.7 Å². The average Bonchev–Trinajstić information content (AvgIpc) is 3.36. The molecule has 7 heteroatoms. The molecular weight excluding hydrogens is 396 g/mol. The molecule has 2 heterocycles. The van der Waals surface area contributed by atoms with Crippen LogP contribution in [0.4, 0.5) is 10.5 Å². The zero-order valence-corrected chi connectivity index (χ0v) is 17.7. The second-order valence-electron chi connectivity index (χ2n) is 7.38.